The molecule has 1 saturated heterocycles. The van der Waals surface area contributed by atoms with Gasteiger partial charge >= 0.3 is 0 Å². The van der Waals surface area contributed by atoms with Crippen LogP contribution in [0.25, 0.3) is 0 Å². The van der Waals surface area contributed by atoms with Crippen LogP contribution in [0, 0.1) is 5.92 Å². The first-order chi connectivity index (χ1) is 8.76. The second kappa shape index (κ2) is 6.88. The zero-order chi connectivity index (χ0) is 13.0. The molecule has 18 heavy (non-hydrogen) atoms. The average Bonchev–Trinajstić information content (AvgIpc) is 2.75. The molecule has 0 aromatic rings. The molecule has 0 amide bonds. The third kappa shape index (κ3) is 3.25. The monoisotopic (exact) mass is 253 g/mol. The molecule has 1 N–H and O–H groups in total. The molecule has 1 heterocycles. The lowest BCUT2D eigenvalue weighted by molar-refractivity contribution is 0.0632. The summed E-state index contributed by atoms with van der Waals surface area (Å²) in [5.74, 6) is 0.895. The molecule has 3 unspecified atom stereocenters. The highest BCUT2D eigenvalue weighted by Gasteiger charge is 2.35. The molecule has 0 radical (unpaired) electrons. The van der Waals surface area contributed by atoms with E-state index in [2.05, 4.69) is 36.0 Å². The Labute approximate surface area is 113 Å². The van der Waals surface area contributed by atoms with Gasteiger partial charge in [-0.3, -0.25) is 4.90 Å². The van der Waals surface area contributed by atoms with Gasteiger partial charge in [-0.05, 0) is 64.8 Å². The Morgan fingerprint density at radius 3 is 2.67 bits per heavy atom. The minimum absolute atomic E-state index is 0.820. The Hall–Kier alpha value is -0.120. The van der Waals surface area contributed by atoms with E-state index in [9.17, 15) is 0 Å². The van der Waals surface area contributed by atoms with Crippen LogP contribution in [0.15, 0.2) is 0 Å². The van der Waals surface area contributed by atoms with Gasteiger partial charge in [0, 0.05) is 18.6 Å². The molecule has 0 spiro atoms. The molecule has 0 aromatic heterocycles. The Balaban J connectivity index is 1.75. The number of hydrogen-bond donors (Lipinski definition) is 1. The van der Waals surface area contributed by atoms with Crippen LogP contribution in [0.5, 0.6) is 0 Å². The SMILES string of the molecule is CCNCC1CCC1N(C)CC1CCCN1CC. The summed E-state index contributed by atoms with van der Waals surface area (Å²) < 4.78 is 0. The molecular weight excluding hydrogens is 222 g/mol. The molecule has 3 nitrogen and oxygen atoms in total. The lowest BCUT2D eigenvalue weighted by atomic mass is 9.78. The summed E-state index contributed by atoms with van der Waals surface area (Å²) in [5, 5.41) is 3.51. The second-order valence-corrected chi connectivity index (χ2v) is 6.08. The zero-order valence-corrected chi connectivity index (χ0v) is 12.5. The van der Waals surface area contributed by atoms with Crippen LogP contribution < -0.4 is 5.32 Å². The molecule has 2 fully saturated rings. The van der Waals surface area contributed by atoms with Crippen LogP contribution in [0.3, 0.4) is 0 Å². The smallest absolute Gasteiger partial charge is 0.0223 e. The fraction of sp³-hybridized carbons (Fsp3) is 1.00. The van der Waals surface area contributed by atoms with E-state index in [0.29, 0.717) is 0 Å². The van der Waals surface area contributed by atoms with Gasteiger partial charge in [0.25, 0.3) is 0 Å². The quantitative estimate of drug-likeness (QED) is 0.746. The molecule has 0 bridgehead atoms. The van der Waals surface area contributed by atoms with E-state index < -0.39 is 0 Å². The summed E-state index contributed by atoms with van der Waals surface area (Å²) in [6.07, 6.45) is 5.64. The van der Waals surface area contributed by atoms with Gasteiger partial charge in [-0.25, -0.2) is 0 Å². The summed E-state index contributed by atoms with van der Waals surface area (Å²) in [6, 6.07) is 1.66. The molecular formula is C15H31N3. The summed E-state index contributed by atoms with van der Waals surface area (Å²) >= 11 is 0. The maximum Gasteiger partial charge on any atom is 0.0223 e. The van der Waals surface area contributed by atoms with Crippen molar-refractivity contribution >= 4 is 0 Å². The third-order valence-electron chi connectivity index (χ3n) is 5.00. The fourth-order valence-corrected chi connectivity index (χ4v) is 3.69. The highest BCUT2D eigenvalue weighted by Crippen LogP contribution is 2.32. The van der Waals surface area contributed by atoms with E-state index in [-0.39, 0.29) is 0 Å². The van der Waals surface area contributed by atoms with Gasteiger partial charge in [0.1, 0.15) is 0 Å². The van der Waals surface area contributed by atoms with Crippen LogP contribution >= 0.6 is 0 Å². The van der Waals surface area contributed by atoms with Crippen molar-refractivity contribution in [3.8, 4) is 0 Å². The van der Waals surface area contributed by atoms with E-state index in [1.807, 2.05) is 0 Å². The van der Waals surface area contributed by atoms with Crippen molar-refractivity contribution in [1.82, 2.24) is 15.1 Å². The normalized spacial score (nSPS) is 33.0. The lowest BCUT2D eigenvalue weighted by Crippen LogP contribution is -2.52. The summed E-state index contributed by atoms with van der Waals surface area (Å²) in [5.41, 5.74) is 0. The Morgan fingerprint density at radius 2 is 2.06 bits per heavy atom. The van der Waals surface area contributed by atoms with Crippen LogP contribution in [0.1, 0.15) is 39.5 Å². The van der Waals surface area contributed by atoms with E-state index in [1.54, 1.807) is 0 Å². The van der Waals surface area contributed by atoms with Crippen molar-refractivity contribution in [1.29, 1.82) is 0 Å². The molecule has 0 aromatic carbocycles. The third-order valence-corrected chi connectivity index (χ3v) is 5.00. The van der Waals surface area contributed by atoms with Gasteiger partial charge in [-0.1, -0.05) is 13.8 Å². The van der Waals surface area contributed by atoms with Crippen molar-refractivity contribution in [3.63, 3.8) is 0 Å². The second-order valence-electron chi connectivity index (χ2n) is 6.08. The number of hydrogen-bond acceptors (Lipinski definition) is 3. The molecule has 2 rings (SSSR count). The van der Waals surface area contributed by atoms with E-state index in [1.165, 1.54) is 51.9 Å². The largest absolute Gasteiger partial charge is 0.317 e. The van der Waals surface area contributed by atoms with Crippen molar-refractivity contribution in [2.24, 2.45) is 5.92 Å². The van der Waals surface area contributed by atoms with Gasteiger partial charge in [-0.15, -0.1) is 0 Å². The summed E-state index contributed by atoms with van der Waals surface area (Å²) in [4.78, 5) is 5.30. The zero-order valence-electron chi connectivity index (χ0n) is 12.5. The maximum atomic E-state index is 3.51. The number of rotatable bonds is 7. The van der Waals surface area contributed by atoms with Crippen LogP contribution in [0.2, 0.25) is 0 Å². The van der Waals surface area contributed by atoms with E-state index >= 15 is 0 Å². The first kappa shape index (κ1) is 14.3. The highest BCUT2D eigenvalue weighted by atomic mass is 15.2. The Morgan fingerprint density at radius 1 is 1.22 bits per heavy atom. The summed E-state index contributed by atoms with van der Waals surface area (Å²) in [7, 11) is 2.34. The molecule has 3 heteroatoms. The standard InChI is InChI=1S/C15H31N3/c1-4-16-11-13-8-9-15(13)17(3)12-14-7-6-10-18(14)5-2/h13-16H,4-12H2,1-3H3. The van der Waals surface area contributed by atoms with Gasteiger partial charge in [0.05, 0.1) is 0 Å². The predicted molar refractivity (Wildman–Crippen MR) is 78.0 cm³/mol. The van der Waals surface area contributed by atoms with E-state index in [0.717, 1.165) is 24.5 Å². The van der Waals surface area contributed by atoms with Crippen molar-refractivity contribution < 1.29 is 0 Å². The van der Waals surface area contributed by atoms with Crippen molar-refractivity contribution in [2.45, 2.75) is 51.6 Å². The minimum Gasteiger partial charge on any atom is -0.317 e. The molecule has 106 valence electrons. The number of nitrogens with zero attached hydrogens (tertiary/aromatic N) is 2. The number of nitrogens with one attached hydrogen (secondary N) is 1. The van der Waals surface area contributed by atoms with Gasteiger partial charge < -0.3 is 10.2 Å². The highest BCUT2D eigenvalue weighted by molar-refractivity contribution is 4.91. The van der Waals surface area contributed by atoms with Crippen LogP contribution in [-0.2, 0) is 0 Å². The molecule has 3 atom stereocenters. The number of likely N-dealkylation sites (N-methyl/N-ethyl adjacent to an activating group) is 2. The molecule has 2 aliphatic rings. The van der Waals surface area contributed by atoms with Crippen LogP contribution in [-0.4, -0.2) is 61.7 Å². The molecule has 1 aliphatic carbocycles. The first-order valence-electron chi connectivity index (χ1n) is 7.91. The van der Waals surface area contributed by atoms with E-state index in [4.69, 9.17) is 0 Å². The van der Waals surface area contributed by atoms with Crippen molar-refractivity contribution in [3.05, 3.63) is 0 Å². The molecule has 1 saturated carbocycles. The van der Waals surface area contributed by atoms with Crippen LogP contribution in [0.4, 0.5) is 0 Å². The van der Waals surface area contributed by atoms with Gasteiger partial charge in [0.15, 0.2) is 0 Å². The summed E-state index contributed by atoms with van der Waals surface area (Å²) in [6.45, 7) is 10.7. The Bertz CT molecular complexity index is 244. The predicted octanol–water partition coefficient (Wildman–Crippen LogP) is 1.79. The minimum atomic E-state index is 0.820. The fourth-order valence-electron chi connectivity index (χ4n) is 3.69. The first-order valence-corrected chi connectivity index (χ1v) is 7.91. The topological polar surface area (TPSA) is 18.5 Å². The molecule has 1 aliphatic heterocycles. The van der Waals surface area contributed by atoms with Gasteiger partial charge in [0.2, 0.25) is 0 Å². The van der Waals surface area contributed by atoms with Crippen molar-refractivity contribution in [2.75, 3.05) is 39.8 Å². The average molecular weight is 253 g/mol. The Kier molecular flexibility index (Phi) is 5.46. The van der Waals surface area contributed by atoms with Gasteiger partial charge in [-0.2, -0.15) is 0 Å². The maximum absolute atomic E-state index is 3.51. The number of likely N-dealkylation sites (tertiary alicyclic amines) is 1. The lowest BCUT2D eigenvalue weighted by Gasteiger charge is -2.44.